The van der Waals surface area contributed by atoms with Crippen molar-refractivity contribution in [3.63, 3.8) is 0 Å². The maximum absolute atomic E-state index is 11.0. The van der Waals surface area contributed by atoms with Crippen LogP contribution in [0.15, 0.2) is 59.2 Å². The highest BCUT2D eigenvalue weighted by Gasteiger charge is 2.09. The van der Waals surface area contributed by atoms with Gasteiger partial charge >= 0.3 is 0 Å². The van der Waals surface area contributed by atoms with Gasteiger partial charge in [0, 0.05) is 6.08 Å². The number of nitrogens with zero attached hydrogens (tertiary/aromatic N) is 1. The van der Waals surface area contributed by atoms with Crippen LogP contribution in [0.1, 0.15) is 29.1 Å². The minimum absolute atomic E-state index is 0.138. The SMILES string of the molecule is COc1ccc(CCCOS(C)(=O)=O)cc1OCc1coc(/C=C/c2ccccc2)n1. The van der Waals surface area contributed by atoms with Crippen molar-refractivity contribution in [1.29, 1.82) is 0 Å². The van der Waals surface area contributed by atoms with Crippen LogP contribution in [0.2, 0.25) is 0 Å². The molecular formula is C23H25NO6S. The minimum Gasteiger partial charge on any atom is -0.493 e. The number of rotatable bonds is 11. The van der Waals surface area contributed by atoms with Gasteiger partial charge < -0.3 is 13.9 Å². The van der Waals surface area contributed by atoms with Crippen LogP contribution in [-0.4, -0.2) is 33.4 Å². The van der Waals surface area contributed by atoms with Gasteiger partial charge in [-0.1, -0.05) is 36.4 Å². The summed E-state index contributed by atoms with van der Waals surface area (Å²) >= 11 is 0. The largest absolute Gasteiger partial charge is 0.493 e. The lowest BCUT2D eigenvalue weighted by Crippen LogP contribution is -2.05. The lowest BCUT2D eigenvalue weighted by molar-refractivity contribution is 0.280. The van der Waals surface area contributed by atoms with Crippen molar-refractivity contribution in [2.24, 2.45) is 0 Å². The molecule has 31 heavy (non-hydrogen) atoms. The number of methoxy groups -OCH3 is 1. The smallest absolute Gasteiger partial charge is 0.264 e. The van der Waals surface area contributed by atoms with E-state index in [4.69, 9.17) is 18.1 Å². The van der Waals surface area contributed by atoms with Crippen molar-refractivity contribution in [3.8, 4) is 11.5 Å². The number of aryl methyl sites for hydroxylation is 1. The molecule has 0 N–H and O–H groups in total. The Morgan fingerprint density at radius 2 is 1.87 bits per heavy atom. The Balaban J connectivity index is 1.58. The van der Waals surface area contributed by atoms with E-state index < -0.39 is 10.1 Å². The number of hydrogen-bond acceptors (Lipinski definition) is 7. The fraction of sp³-hybridized carbons (Fsp3) is 0.261. The van der Waals surface area contributed by atoms with Gasteiger partial charge in [0.25, 0.3) is 10.1 Å². The average Bonchev–Trinajstić information content (AvgIpc) is 3.22. The molecule has 0 aliphatic carbocycles. The Morgan fingerprint density at radius 3 is 2.61 bits per heavy atom. The van der Waals surface area contributed by atoms with E-state index in [1.165, 1.54) is 0 Å². The van der Waals surface area contributed by atoms with E-state index >= 15 is 0 Å². The first-order valence-corrected chi connectivity index (χ1v) is 11.6. The van der Waals surface area contributed by atoms with Crippen LogP contribution in [-0.2, 0) is 27.3 Å². The molecule has 0 spiro atoms. The predicted octanol–water partition coefficient (Wildman–Crippen LogP) is 4.34. The van der Waals surface area contributed by atoms with Crippen molar-refractivity contribution < 1.29 is 26.5 Å². The van der Waals surface area contributed by atoms with E-state index in [1.54, 1.807) is 19.4 Å². The van der Waals surface area contributed by atoms with Gasteiger partial charge in [-0.25, -0.2) is 4.98 Å². The Hall–Kier alpha value is -3.10. The van der Waals surface area contributed by atoms with Crippen molar-refractivity contribution >= 4 is 22.3 Å². The normalized spacial score (nSPS) is 11.7. The Morgan fingerprint density at radius 1 is 1.06 bits per heavy atom. The third-order valence-electron chi connectivity index (χ3n) is 4.30. The van der Waals surface area contributed by atoms with E-state index in [0.717, 1.165) is 17.4 Å². The quantitative estimate of drug-likeness (QED) is 0.322. The first-order valence-electron chi connectivity index (χ1n) is 9.74. The van der Waals surface area contributed by atoms with Crippen molar-refractivity contribution in [1.82, 2.24) is 4.98 Å². The number of oxazole rings is 1. The molecule has 0 amide bonds. The summed E-state index contributed by atoms with van der Waals surface area (Å²) in [5.74, 6) is 1.67. The molecule has 0 atom stereocenters. The molecule has 0 bridgehead atoms. The second-order valence-electron chi connectivity index (χ2n) is 6.82. The minimum atomic E-state index is -3.42. The molecule has 0 radical (unpaired) electrons. The van der Waals surface area contributed by atoms with E-state index in [1.807, 2.05) is 54.6 Å². The summed E-state index contributed by atoms with van der Waals surface area (Å²) in [7, 11) is -1.85. The first-order chi connectivity index (χ1) is 14.9. The molecule has 0 fully saturated rings. The zero-order chi connectivity index (χ0) is 22.1. The monoisotopic (exact) mass is 443 g/mol. The third kappa shape index (κ3) is 7.58. The molecule has 2 aromatic carbocycles. The van der Waals surface area contributed by atoms with Gasteiger partial charge in [0.05, 0.1) is 20.0 Å². The highest BCUT2D eigenvalue weighted by molar-refractivity contribution is 7.85. The molecular weight excluding hydrogens is 418 g/mol. The van der Waals surface area contributed by atoms with Crippen LogP contribution in [0.5, 0.6) is 11.5 Å². The molecule has 164 valence electrons. The summed E-state index contributed by atoms with van der Waals surface area (Å²) in [4.78, 5) is 4.41. The molecule has 0 aliphatic heterocycles. The maximum Gasteiger partial charge on any atom is 0.264 e. The number of hydrogen-bond donors (Lipinski definition) is 0. The zero-order valence-electron chi connectivity index (χ0n) is 17.5. The van der Waals surface area contributed by atoms with E-state index in [-0.39, 0.29) is 13.2 Å². The molecule has 8 heteroatoms. The molecule has 1 aromatic heterocycles. The third-order valence-corrected chi connectivity index (χ3v) is 4.89. The van der Waals surface area contributed by atoms with Crippen LogP contribution in [0, 0.1) is 0 Å². The number of aromatic nitrogens is 1. The average molecular weight is 444 g/mol. The maximum atomic E-state index is 11.0. The summed E-state index contributed by atoms with van der Waals surface area (Å²) in [6.07, 6.45) is 7.55. The Kier molecular flexibility index (Phi) is 7.86. The Bertz CT molecular complexity index is 1110. The molecule has 1 heterocycles. The summed E-state index contributed by atoms with van der Waals surface area (Å²) in [6.45, 7) is 0.360. The predicted molar refractivity (Wildman–Crippen MR) is 118 cm³/mol. The topological polar surface area (TPSA) is 87.9 Å². The van der Waals surface area contributed by atoms with E-state index in [0.29, 0.717) is 35.9 Å². The van der Waals surface area contributed by atoms with Gasteiger partial charge in [0.2, 0.25) is 5.89 Å². The van der Waals surface area contributed by atoms with Crippen molar-refractivity contribution in [2.75, 3.05) is 20.0 Å². The highest BCUT2D eigenvalue weighted by Crippen LogP contribution is 2.29. The molecule has 0 saturated carbocycles. The molecule has 0 saturated heterocycles. The van der Waals surface area contributed by atoms with Gasteiger partial charge in [0.15, 0.2) is 11.5 Å². The van der Waals surface area contributed by atoms with E-state index in [2.05, 4.69) is 4.98 Å². The lowest BCUT2D eigenvalue weighted by Gasteiger charge is -2.11. The Labute approximate surface area is 182 Å². The molecule has 3 rings (SSSR count). The lowest BCUT2D eigenvalue weighted by atomic mass is 10.1. The number of benzene rings is 2. The summed E-state index contributed by atoms with van der Waals surface area (Å²) in [6, 6.07) is 15.5. The van der Waals surface area contributed by atoms with Crippen LogP contribution in [0.3, 0.4) is 0 Å². The fourth-order valence-electron chi connectivity index (χ4n) is 2.82. The van der Waals surface area contributed by atoms with Crippen LogP contribution in [0.4, 0.5) is 0 Å². The van der Waals surface area contributed by atoms with Gasteiger partial charge in [-0.15, -0.1) is 0 Å². The van der Waals surface area contributed by atoms with Crippen molar-refractivity contribution in [3.05, 3.63) is 77.5 Å². The first kappa shape index (κ1) is 22.6. The van der Waals surface area contributed by atoms with Crippen molar-refractivity contribution in [2.45, 2.75) is 19.4 Å². The standard InChI is InChI=1S/C23H25NO6S/c1-27-21-12-10-19(9-6-14-30-31(2,25)26)15-22(21)28-16-20-17-29-23(24-20)13-11-18-7-4-3-5-8-18/h3-5,7-8,10-13,15,17H,6,9,14,16H2,1-2H3/b13-11+. The van der Waals surface area contributed by atoms with Crippen LogP contribution >= 0.6 is 0 Å². The molecule has 0 unspecified atom stereocenters. The second kappa shape index (κ2) is 10.8. The summed E-state index contributed by atoms with van der Waals surface area (Å²) in [5.41, 5.74) is 2.70. The van der Waals surface area contributed by atoms with Gasteiger partial charge in [-0.2, -0.15) is 8.42 Å². The van der Waals surface area contributed by atoms with Crippen LogP contribution < -0.4 is 9.47 Å². The fourth-order valence-corrected chi connectivity index (χ4v) is 3.25. The second-order valence-corrected chi connectivity index (χ2v) is 8.47. The zero-order valence-corrected chi connectivity index (χ0v) is 18.3. The number of ether oxygens (including phenoxy) is 2. The summed E-state index contributed by atoms with van der Waals surface area (Å²) in [5, 5.41) is 0. The van der Waals surface area contributed by atoms with Crippen LogP contribution in [0.25, 0.3) is 12.2 Å². The molecule has 3 aromatic rings. The molecule has 0 aliphatic rings. The van der Waals surface area contributed by atoms with Gasteiger partial charge in [-0.3, -0.25) is 4.18 Å². The summed E-state index contributed by atoms with van der Waals surface area (Å²) < 4.78 is 43.6. The van der Waals surface area contributed by atoms with E-state index in [9.17, 15) is 8.42 Å². The van der Waals surface area contributed by atoms with Gasteiger partial charge in [0.1, 0.15) is 18.6 Å². The van der Waals surface area contributed by atoms with Gasteiger partial charge in [-0.05, 0) is 42.2 Å². The highest BCUT2D eigenvalue weighted by atomic mass is 32.2. The molecule has 7 nitrogen and oxygen atoms in total.